The summed E-state index contributed by atoms with van der Waals surface area (Å²) in [4.78, 5) is 12.1. The van der Waals surface area contributed by atoms with Gasteiger partial charge in [-0.05, 0) is 63.3 Å². The molecule has 0 radical (unpaired) electrons. The van der Waals surface area contributed by atoms with E-state index in [-0.39, 0.29) is 12.5 Å². The number of carbonyl (C=O) groups is 1. The first-order chi connectivity index (χ1) is 13.3. The van der Waals surface area contributed by atoms with E-state index < -0.39 is 0 Å². The van der Waals surface area contributed by atoms with Crippen molar-refractivity contribution < 1.29 is 9.53 Å². The minimum atomic E-state index is -0.284. The van der Waals surface area contributed by atoms with Crippen LogP contribution in [0.4, 0.5) is 5.69 Å². The number of rotatable bonds is 6. The monoisotopic (exact) mass is 363 g/mol. The molecule has 134 valence electrons. The van der Waals surface area contributed by atoms with Gasteiger partial charge in [0.2, 0.25) is 0 Å². The highest BCUT2D eigenvalue weighted by Crippen LogP contribution is 2.15. The highest BCUT2D eigenvalue weighted by molar-refractivity contribution is 5.92. The summed E-state index contributed by atoms with van der Waals surface area (Å²) in [6, 6.07) is 14.2. The number of hydrogen-bond donors (Lipinski definition) is 1. The Kier molecular flexibility index (Phi) is 4.47. The Bertz CT molecular complexity index is 1010. The highest BCUT2D eigenvalue weighted by Gasteiger charge is 2.06. The van der Waals surface area contributed by atoms with Crippen LogP contribution in [0.3, 0.4) is 0 Å². The molecule has 0 bridgehead atoms. The lowest BCUT2D eigenvalue weighted by molar-refractivity contribution is -0.118. The molecule has 0 aliphatic rings. The summed E-state index contributed by atoms with van der Waals surface area (Å²) in [6.45, 7) is -0.126. The van der Waals surface area contributed by atoms with Gasteiger partial charge in [-0.25, -0.2) is 9.36 Å². The number of anilines is 1. The fourth-order valence-corrected chi connectivity index (χ4v) is 2.33. The predicted molar refractivity (Wildman–Crippen MR) is 92.4 cm³/mol. The van der Waals surface area contributed by atoms with E-state index >= 15 is 0 Å². The molecule has 0 saturated heterocycles. The van der Waals surface area contributed by atoms with Gasteiger partial charge in [0.15, 0.2) is 6.61 Å². The van der Waals surface area contributed by atoms with Gasteiger partial charge in [-0.15, -0.1) is 10.2 Å². The number of nitrogens with one attached hydrogen (secondary N) is 1. The average molecular weight is 363 g/mol. The van der Waals surface area contributed by atoms with Crippen molar-refractivity contribution in [3.8, 4) is 17.1 Å². The van der Waals surface area contributed by atoms with Crippen LogP contribution < -0.4 is 10.1 Å². The van der Waals surface area contributed by atoms with Gasteiger partial charge in [-0.2, -0.15) is 0 Å². The molecule has 4 rings (SSSR count). The van der Waals surface area contributed by atoms with Crippen LogP contribution in [0, 0.1) is 0 Å². The van der Waals surface area contributed by atoms with Gasteiger partial charge < -0.3 is 10.1 Å². The molecule has 2 heterocycles. The first-order valence-electron chi connectivity index (χ1n) is 7.87. The lowest BCUT2D eigenvalue weighted by Crippen LogP contribution is -2.20. The van der Waals surface area contributed by atoms with Gasteiger partial charge in [0.25, 0.3) is 5.91 Å². The third-order valence-electron chi connectivity index (χ3n) is 3.56. The van der Waals surface area contributed by atoms with E-state index in [2.05, 4.69) is 36.4 Å². The molecule has 4 aromatic rings. The minimum Gasteiger partial charge on any atom is -0.484 e. The van der Waals surface area contributed by atoms with Crippen molar-refractivity contribution in [3.05, 3.63) is 61.2 Å². The molecule has 0 saturated carbocycles. The normalized spacial score (nSPS) is 10.5. The molecule has 1 amide bonds. The number of carbonyl (C=O) groups excluding carboxylic acids is 1. The molecule has 27 heavy (non-hydrogen) atoms. The molecular weight excluding hydrogens is 350 g/mol. The molecule has 0 spiro atoms. The van der Waals surface area contributed by atoms with Gasteiger partial charge in [0.05, 0.1) is 11.4 Å². The van der Waals surface area contributed by atoms with E-state index in [1.807, 2.05) is 6.07 Å². The van der Waals surface area contributed by atoms with Crippen LogP contribution >= 0.6 is 0 Å². The van der Waals surface area contributed by atoms with Crippen molar-refractivity contribution in [1.29, 1.82) is 0 Å². The summed E-state index contributed by atoms with van der Waals surface area (Å²) in [6.07, 6.45) is 2.97. The summed E-state index contributed by atoms with van der Waals surface area (Å²) in [5.41, 5.74) is 2.14. The quantitative estimate of drug-likeness (QED) is 0.529. The summed E-state index contributed by atoms with van der Waals surface area (Å²) < 4.78 is 8.52. The molecule has 0 fully saturated rings. The lowest BCUT2D eigenvalue weighted by Gasteiger charge is -2.09. The molecule has 2 aromatic carbocycles. The Balaban J connectivity index is 1.34. The van der Waals surface area contributed by atoms with Crippen LogP contribution in [0.15, 0.2) is 61.2 Å². The third kappa shape index (κ3) is 3.92. The largest absolute Gasteiger partial charge is 0.484 e. The van der Waals surface area contributed by atoms with Gasteiger partial charge in [0.1, 0.15) is 18.4 Å². The number of tetrazole rings is 2. The zero-order chi connectivity index (χ0) is 18.5. The van der Waals surface area contributed by atoms with Crippen LogP contribution in [0.25, 0.3) is 11.4 Å². The van der Waals surface area contributed by atoms with Crippen molar-refractivity contribution in [2.24, 2.45) is 0 Å². The molecule has 1 N–H and O–H groups in total. The zero-order valence-electron chi connectivity index (χ0n) is 13.9. The van der Waals surface area contributed by atoms with Crippen molar-refractivity contribution in [1.82, 2.24) is 40.4 Å². The fraction of sp³-hybridized carbons (Fsp3) is 0.0625. The van der Waals surface area contributed by atoms with Gasteiger partial charge >= 0.3 is 0 Å². The maximum Gasteiger partial charge on any atom is 0.262 e. The van der Waals surface area contributed by atoms with Crippen LogP contribution in [0.2, 0.25) is 0 Å². The van der Waals surface area contributed by atoms with Crippen LogP contribution in [0.5, 0.6) is 5.75 Å². The summed E-state index contributed by atoms with van der Waals surface area (Å²) in [7, 11) is 0. The Morgan fingerprint density at radius 1 is 0.926 bits per heavy atom. The van der Waals surface area contributed by atoms with Crippen molar-refractivity contribution in [3.63, 3.8) is 0 Å². The molecule has 11 heteroatoms. The second kappa shape index (κ2) is 7.39. The first-order valence-corrected chi connectivity index (χ1v) is 7.87. The number of amides is 1. The number of hydrogen-bond acceptors (Lipinski definition) is 8. The number of aromatic nitrogens is 8. The smallest absolute Gasteiger partial charge is 0.262 e. The maximum atomic E-state index is 12.1. The first kappa shape index (κ1) is 16.3. The summed E-state index contributed by atoms with van der Waals surface area (Å²) >= 11 is 0. The zero-order valence-corrected chi connectivity index (χ0v) is 13.9. The maximum absolute atomic E-state index is 12.1. The molecule has 0 aliphatic carbocycles. The molecular formula is C16H13N9O2. The van der Waals surface area contributed by atoms with Gasteiger partial charge in [-0.1, -0.05) is 6.07 Å². The van der Waals surface area contributed by atoms with E-state index in [0.717, 1.165) is 11.4 Å². The van der Waals surface area contributed by atoms with E-state index in [1.165, 1.54) is 22.0 Å². The summed E-state index contributed by atoms with van der Waals surface area (Å²) in [5, 5.41) is 24.7. The minimum absolute atomic E-state index is 0.126. The molecule has 0 unspecified atom stereocenters. The SMILES string of the molecule is O=C(COc1ccc(-n2cnnn2)cc1)Nc1cccc(-n2cnnn2)c1. The predicted octanol–water partition coefficient (Wildman–Crippen LogP) is 0.655. The number of benzene rings is 2. The Morgan fingerprint density at radius 2 is 1.63 bits per heavy atom. The van der Waals surface area contributed by atoms with Gasteiger partial charge in [0, 0.05) is 5.69 Å². The standard InChI is InChI=1S/C16H13N9O2/c26-16(19-12-2-1-3-14(8-12)25-11-18-21-23-25)9-27-15-6-4-13(5-7-15)24-10-17-20-22-24/h1-8,10-11H,9H2,(H,19,26). The Morgan fingerprint density at radius 3 is 2.30 bits per heavy atom. The van der Waals surface area contributed by atoms with Gasteiger partial charge in [-0.3, -0.25) is 4.79 Å². The van der Waals surface area contributed by atoms with Crippen LogP contribution in [-0.4, -0.2) is 52.9 Å². The van der Waals surface area contributed by atoms with E-state index in [1.54, 1.807) is 42.5 Å². The van der Waals surface area contributed by atoms with Crippen molar-refractivity contribution >= 4 is 11.6 Å². The van der Waals surface area contributed by atoms with E-state index in [4.69, 9.17) is 4.74 Å². The highest BCUT2D eigenvalue weighted by atomic mass is 16.5. The van der Waals surface area contributed by atoms with E-state index in [0.29, 0.717) is 11.4 Å². The van der Waals surface area contributed by atoms with Crippen molar-refractivity contribution in [2.45, 2.75) is 0 Å². The number of nitrogens with zero attached hydrogens (tertiary/aromatic N) is 8. The molecule has 2 aromatic heterocycles. The van der Waals surface area contributed by atoms with Crippen LogP contribution in [0.1, 0.15) is 0 Å². The Hall–Kier alpha value is -4.15. The fourth-order valence-electron chi connectivity index (χ4n) is 2.33. The Labute approximate surface area is 152 Å². The van der Waals surface area contributed by atoms with E-state index in [9.17, 15) is 4.79 Å². The van der Waals surface area contributed by atoms with Crippen molar-refractivity contribution in [2.75, 3.05) is 11.9 Å². The molecule has 0 atom stereocenters. The third-order valence-corrected chi connectivity index (χ3v) is 3.56. The number of ether oxygens (including phenoxy) is 1. The topological polar surface area (TPSA) is 126 Å². The molecule has 0 aliphatic heterocycles. The summed E-state index contributed by atoms with van der Waals surface area (Å²) in [5.74, 6) is 0.276. The molecule has 11 nitrogen and oxygen atoms in total. The average Bonchev–Trinajstić information content (AvgIpc) is 3.41. The van der Waals surface area contributed by atoms with Crippen LogP contribution in [-0.2, 0) is 4.79 Å². The second-order valence-corrected chi connectivity index (χ2v) is 5.39. The second-order valence-electron chi connectivity index (χ2n) is 5.39. The lowest BCUT2D eigenvalue weighted by atomic mass is 10.3.